The summed E-state index contributed by atoms with van der Waals surface area (Å²) in [6.45, 7) is 10.2. The van der Waals surface area contributed by atoms with Gasteiger partial charge in [0.05, 0.1) is 6.04 Å². The van der Waals surface area contributed by atoms with E-state index in [1.807, 2.05) is 13.8 Å². The van der Waals surface area contributed by atoms with Crippen LogP contribution in [0.15, 0.2) is 0 Å². The molecule has 1 amide bonds. The first-order valence-corrected chi connectivity index (χ1v) is 4.76. The highest BCUT2D eigenvalue weighted by atomic mass is 16.2. The summed E-state index contributed by atoms with van der Waals surface area (Å²) in [6.07, 6.45) is 0. The maximum Gasteiger partial charge on any atom is 0.237 e. The van der Waals surface area contributed by atoms with Crippen LogP contribution in [-0.2, 0) is 4.79 Å². The monoisotopic (exact) mass is 186 g/mol. The van der Waals surface area contributed by atoms with Crippen LogP contribution in [0.2, 0.25) is 0 Å². The van der Waals surface area contributed by atoms with Crippen LogP contribution in [0, 0.1) is 5.41 Å². The van der Waals surface area contributed by atoms with Crippen molar-refractivity contribution in [3.63, 3.8) is 0 Å². The van der Waals surface area contributed by atoms with Crippen molar-refractivity contribution in [3.05, 3.63) is 0 Å². The fraction of sp³-hybridized carbons (Fsp3) is 0.900. The second kappa shape index (κ2) is 4.61. The third-order valence-corrected chi connectivity index (χ3v) is 2.48. The molecule has 78 valence electrons. The number of amides is 1. The van der Waals surface area contributed by atoms with E-state index in [1.54, 1.807) is 7.05 Å². The molecule has 0 aromatic rings. The van der Waals surface area contributed by atoms with Gasteiger partial charge in [-0.25, -0.2) is 0 Å². The molecule has 0 saturated heterocycles. The average molecular weight is 186 g/mol. The first-order chi connectivity index (χ1) is 5.79. The molecule has 0 aliphatic heterocycles. The lowest BCUT2D eigenvalue weighted by molar-refractivity contribution is -0.123. The number of hydrogen-bond donors (Lipinski definition) is 2. The predicted molar refractivity (Wildman–Crippen MR) is 55.6 cm³/mol. The van der Waals surface area contributed by atoms with Crippen LogP contribution in [0.1, 0.15) is 34.6 Å². The molecule has 0 aliphatic rings. The van der Waals surface area contributed by atoms with Crippen LogP contribution < -0.4 is 10.6 Å². The smallest absolute Gasteiger partial charge is 0.237 e. The molecule has 2 N–H and O–H groups in total. The van der Waals surface area contributed by atoms with Crippen LogP contribution in [0.3, 0.4) is 0 Å². The molecular formula is C10H22N2O. The fourth-order valence-electron chi connectivity index (χ4n) is 0.686. The van der Waals surface area contributed by atoms with Crippen LogP contribution in [0.25, 0.3) is 0 Å². The summed E-state index contributed by atoms with van der Waals surface area (Å²) < 4.78 is 0. The van der Waals surface area contributed by atoms with Crippen molar-refractivity contribution in [2.45, 2.75) is 46.7 Å². The Balaban J connectivity index is 4.07. The van der Waals surface area contributed by atoms with E-state index in [2.05, 4.69) is 31.4 Å². The SMILES string of the molecule is CNC(C)C(=O)NC(C)C(C)(C)C. The summed E-state index contributed by atoms with van der Waals surface area (Å²) in [7, 11) is 1.78. The Morgan fingerprint density at radius 3 is 2.00 bits per heavy atom. The molecule has 2 atom stereocenters. The number of carbonyl (C=O) groups excluding carboxylic acids is 1. The summed E-state index contributed by atoms with van der Waals surface area (Å²) >= 11 is 0. The maximum atomic E-state index is 11.5. The van der Waals surface area contributed by atoms with E-state index in [0.717, 1.165) is 0 Å². The lowest BCUT2D eigenvalue weighted by Gasteiger charge is -2.29. The van der Waals surface area contributed by atoms with Gasteiger partial charge in [-0.1, -0.05) is 20.8 Å². The molecule has 0 spiro atoms. The molecule has 0 aromatic carbocycles. The van der Waals surface area contributed by atoms with Gasteiger partial charge >= 0.3 is 0 Å². The number of carbonyl (C=O) groups is 1. The van der Waals surface area contributed by atoms with Crippen molar-refractivity contribution in [2.75, 3.05) is 7.05 Å². The Labute approximate surface area is 81.3 Å². The van der Waals surface area contributed by atoms with E-state index < -0.39 is 0 Å². The van der Waals surface area contributed by atoms with Gasteiger partial charge in [-0.3, -0.25) is 4.79 Å². The van der Waals surface area contributed by atoms with Crippen molar-refractivity contribution in [2.24, 2.45) is 5.41 Å². The second-order valence-electron chi connectivity index (χ2n) is 4.61. The molecule has 3 heteroatoms. The van der Waals surface area contributed by atoms with Gasteiger partial charge in [0, 0.05) is 6.04 Å². The number of rotatable bonds is 3. The van der Waals surface area contributed by atoms with E-state index >= 15 is 0 Å². The molecular weight excluding hydrogens is 164 g/mol. The fourth-order valence-corrected chi connectivity index (χ4v) is 0.686. The standard InChI is InChI=1S/C10H22N2O/c1-7(11-6)9(13)12-8(2)10(3,4)5/h7-8,11H,1-6H3,(H,12,13). The van der Waals surface area contributed by atoms with E-state index in [4.69, 9.17) is 0 Å². The van der Waals surface area contributed by atoms with Crippen LogP contribution in [-0.4, -0.2) is 25.0 Å². The van der Waals surface area contributed by atoms with Crippen molar-refractivity contribution < 1.29 is 4.79 Å². The Morgan fingerprint density at radius 1 is 1.23 bits per heavy atom. The van der Waals surface area contributed by atoms with Gasteiger partial charge in [-0.15, -0.1) is 0 Å². The topological polar surface area (TPSA) is 41.1 Å². The number of nitrogens with one attached hydrogen (secondary N) is 2. The molecule has 13 heavy (non-hydrogen) atoms. The molecule has 3 nitrogen and oxygen atoms in total. The van der Waals surface area contributed by atoms with Crippen molar-refractivity contribution >= 4 is 5.91 Å². The Hall–Kier alpha value is -0.570. The molecule has 0 saturated carbocycles. The van der Waals surface area contributed by atoms with E-state index in [-0.39, 0.29) is 23.4 Å². The minimum absolute atomic E-state index is 0.0601. The molecule has 2 unspecified atom stereocenters. The molecule has 0 aromatic heterocycles. The van der Waals surface area contributed by atoms with Gasteiger partial charge < -0.3 is 10.6 Å². The van der Waals surface area contributed by atoms with Crippen molar-refractivity contribution in [1.82, 2.24) is 10.6 Å². The zero-order valence-electron chi connectivity index (χ0n) is 9.56. The second-order valence-corrected chi connectivity index (χ2v) is 4.61. The Kier molecular flexibility index (Phi) is 4.40. The quantitative estimate of drug-likeness (QED) is 0.694. The summed E-state index contributed by atoms with van der Waals surface area (Å²) in [4.78, 5) is 11.5. The van der Waals surface area contributed by atoms with Crippen LogP contribution in [0.5, 0.6) is 0 Å². The number of likely N-dealkylation sites (N-methyl/N-ethyl adjacent to an activating group) is 1. The molecule has 0 radical (unpaired) electrons. The molecule has 0 heterocycles. The first kappa shape index (κ1) is 12.4. The molecule has 0 bridgehead atoms. The van der Waals surface area contributed by atoms with Gasteiger partial charge in [0.15, 0.2) is 0 Å². The van der Waals surface area contributed by atoms with E-state index in [0.29, 0.717) is 0 Å². The van der Waals surface area contributed by atoms with Gasteiger partial charge in [0.25, 0.3) is 0 Å². The largest absolute Gasteiger partial charge is 0.352 e. The van der Waals surface area contributed by atoms with Crippen LogP contribution in [0.4, 0.5) is 0 Å². The summed E-state index contributed by atoms with van der Waals surface area (Å²) in [5.74, 6) is 0.0601. The highest BCUT2D eigenvalue weighted by molar-refractivity contribution is 5.81. The predicted octanol–water partition coefficient (Wildman–Crippen LogP) is 1.15. The molecule has 0 fully saturated rings. The lowest BCUT2D eigenvalue weighted by atomic mass is 9.88. The Morgan fingerprint density at radius 2 is 1.69 bits per heavy atom. The number of hydrogen-bond acceptors (Lipinski definition) is 2. The van der Waals surface area contributed by atoms with Crippen molar-refractivity contribution in [1.29, 1.82) is 0 Å². The van der Waals surface area contributed by atoms with Gasteiger partial charge in [0.1, 0.15) is 0 Å². The zero-order chi connectivity index (χ0) is 10.6. The zero-order valence-corrected chi connectivity index (χ0v) is 9.56. The van der Waals surface area contributed by atoms with Crippen molar-refractivity contribution in [3.8, 4) is 0 Å². The summed E-state index contributed by atoms with van der Waals surface area (Å²) in [5.41, 5.74) is 0.114. The third kappa shape index (κ3) is 4.27. The highest BCUT2D eigenvalue weighted by Gasteiger charge is 2.23. The van der Waals surface area contributed by atoms with E-state index in [9.17, 15) is 4.79 Å². The Bertz CT molecular complexity index is 172. The van der Waals surface area contributed by atoms with Gasteiger partial charge in [-0.2, -0.15) is 0 Å². The lowest BCUT2D eigenvalue weighted by Crippen LogP contribution is -2.48. The maximum absolute atomic E-state index is 11.5. The minimum Gasteiger partial charge on any atom is -0.352 e. The van der Waals surface area contributed by atoms with Gasteiger partial charge in [-0.05, 0) is 26.3 Å². The summed E-state index contributed by atoms with van der Waals surface area (Å²) in [5, 5.41) is 5.88. The molecule has 0 rings (SSSR count). The molecule has 0 aliphatic carbocycles. The van der Waals surface area contributed by atoms with Crippen LogP contribution >= 0.6 is 0 Å². The summed E-state index contributed by atoms with van der Waals surface area (Å²) in [6, 6.07) is 0.0700. The average Bonchev–Trinajstić information content (AvgIpc) is 2.01. The minimum atomic E-state index is -0.121. The third-order valence-electron chi connectivity index (χ3n) is 2.48. The van der Waals surface area contributed by atoms with Gasteiger partial charge in [0.2, 0.25) is 5.91 Å². The normalized spacial score (nSPS) is 16.5. The van der Waals surface area contributed by atoms with E-state index in [1.165, 1.54) is 0 Å². The first-order valence-electron chi connectivity index (χ1n) is 4.76. The highest BCUT2D eigenvalue weighted by Crippen LogP contribution is 2.18.